The number of fused-ring (bicyclic) bond motifs is 3. The average molecular weight is 492 g/mol. The van der Waals surface area contributed by atoms with E-state index < -0.39 is 29.5 Å². The molecule has 2 aromatic rings. The van der Waals surface area contributed by atoms with Crippen LogP contribution in [0.1, 0.15) is 19.5 Å². The lowest BCUT2D eigenvalue weighted by molar-refractivity contribution is -0.155. The van der Waals surface area contributed by atoms with Crippen LogP contribution >= 0.6 is 0 Å². The van der Waals surface area contributed by atoms with Gasteiger partial charge in [0.25, 0.3) is 5.91 Å². The molecule has 2 saturated heterocycles. The lowest BCUT2D eigenvalue weighted by Gasteiger charge is -2.48. The number of morpholine rings is 1. The topological polar surface area (TPSA) is 100 Å². The molecule has 2 bridgehead atoms. The Kier molecular flexibility index (Phi) is 5.66. The van der Waals surface area contributed by atoms with Gasteiger partial charge in [0, 0.05) is 31.3 Å². The molecule has 3 atom stereocenters. The van der Waals surface area contributed by atoms with Gasteiger partial charge in [0.1, 0.15) is 6.04 Å². The van der Waals surface area contributed by atoms with Crippen LogP contribution in [0.2, 0.25) is 0 Å². The van der Waals surface area contributed by atoms with Gasteiger partial charge in [-0.3, -0.25) is 14.3 Å². The third kappa shape index (κ3) is 3.89. The third-order valence-corrected chi connectivity index (χ3v) is 6.63. The van der Waals surface area contributed by atoms with Crippen LogP contribution in [-0.2, 0) is 27.4 Å². The summed E-state index contributed by atoms with van der Waals surface area (Å²) in [6.45, 7) is 4.24. The molecular formula is C22H23F3N6O4. The van der Waals surface area contributed by atoms with E-state index in [0.717, 1.165) is 0 Å². The van der Waals surface area contributed by atoms with E-state index in [1.807, 2.05) is 0 Å². The summed E-state index contributed by atoms with van der Waals surface area (Å²) in [5.41, 5.74) is 0.915. The molecule has 13 heteroatoms. The number of carbonyl (C=O) groups excluding carboxylic acids is 3. The smallest absolute Gasteiger partial charge is 0.322 e. The number of ether oxygens (including phenoxy) is 1. The summed E-state index contributed by atoms with van der Waals surface area (Å²) < 4.78 is 47.6. The molecule has 4 amide bonds. The number of nitrogens with one attached hydrogen (secondary N) is 1. The van der Waals surface area contributed by atoms with Gasteiger partial charge in [-0.15, -0.1) is 0 Å². The molecule has 10 nitrogen and oxygen atoms in total. The summed E-state index contributed by atoms with van der Waals surface area (Å²) in [5, 5.41) is 6.79. The van der Waals surface area contributed by atoms with E-state index >= 15 is 0 Å². The minimum absolute atomic E-state index is 0.0700. The number of urea groups is 1. The lowest BCUT2D eigenvalue weighted by atomic mass is 10.0. The van der Waals surface area contributed by atoms with Gasteiger partial charge >= 0.3 is 6.03 Å². The molecule has 5 rings (SSSR count). The van der Waals surface area contributed by atoms with Crippen LogP contribution in [0.5, 0.6) is 0 Å². The van der Waals surface area contributed by atoms with Gasteiger partial charge in [-0.2, -0.15) is 5.10 Å². The first-order chi connectivity index (χ1) is 16.7. The van der Waals surface area contributed by atoms with E-state index in [1.165, 1.54) is 11.8 Å². The number of benzene rings is 1. The molecule has 0 radical (unpaired) electrons. The van der Waals surface area contributed by atoms with Crippen molar-refractivity contribution in [1.82, 2.24) is 19.6 Å². The molecule has 0 spiro atoms. The first kappa shape index (κ1) is 23.1. The van der Waals surface area contributed by atoms with Gasteiger partial charge in [-0.05, 0) is 6.92 Å². The Bertz CT molecular complexity index is 1200. The van der Waals surface area contributed by atoms with Crippen molar-refractivity contribution >= 4 is 29.2 Å². The molecular weight excluding hydrogens is 469 g/mol. The number of halogens is 3. The summed E-state index contributed by atoms with van der Waals surface area (Å²) in [5.74, 6) is -4.93. The van der Waals surface area contributed by atoms with Crippen molar-refractivity contribution in [3.05, 3.63) is 41.5 Å². The lowest BCUT2D eigenvalue weighted by Crippen LogP contribution is -2.68. The number of amides is 4. The van der Waals surface area contributed by atoms with E-state index in [4.69, 9.17) is 4.74 Å². The van der Waals surface area contributed by atoms with Crippen molar-refractivity contribution < 1.29 is 32.3 Å². The number of carbonyl (C=O) groups is 3. The second kappa shape index (κ2) is 8.56. The molecule has 186 valence electrons. The number of hydrogen-bond acceptors (Lipinski definition) is 5. The minimum Gasteiger partial charge on any atom is -0.377 e. The Labute approximate surface area is 198 Å². The highest BCUT2D eigenvalue weighted by molar-refractivity contribution is 6.01. The highest BCUT2D eigenvalue weighted by Crippen LogP contribution is 2.32. The largest absolute Gasteiger partial charge is 0.377 e. The van der Waals surface area contributed by atoms with E-state index in [9.17, 15) is 27.6 Å². The molecule has 3 aliphatic rings. The fraction of sp³-hybridized carbons (Fsp3) is 0.455. The van der Waals surface area contributed by atoms with Crippen molar-refractivity contribution in [3.8, 4) is 0 Å². The summed E-state index contributed by atoms with van der Waals surface area (Å²) in [4.78, 5) is 42.9. The molecule has 0 saturated carbocycles. The van der Waals surface area contributed by atoms with Gasteiger partial charge in [-0.1, -0.05) is 0 Å². The van der Waals surface area contributed by atoms with Crippen LogP contribution in [-0.4, -0.2) is 75.3 Å². The number of aromatic nitrogens is 2. The quantitative estimate of drug-likeness (QED) is 0.644. The fourth-order valence-electron chi connectivity index (χ4n) is 4.94. The highest BCUT2D eigenvalue weighted by atomic mass is 19.2. The monoisotopic (exact) mass is 492 g/mol. The van der Waals surface area contributed by atoms with Crippen LogP contribution in [0, 0.1) is 17.5 Å². The Morgan fingerprint density at radius 1 is 1.14 bits per heavy atom. The van der Waals surface area contributed by atoms with Crippen LogP contribution in [0.25, 0.3) is 0 Å². The van der Waals surface area contributed by atoms with Gasteiger partial charge in [-0.25, -0.2) is 18.0 Å². The maximum absolute atomic E-state index is 13.6. The Hall–Kier alpha value is -3.61. The second-order valence-electron chi connectivity index (χ2n) is 8.90. The summed E-state index contributed by atoms with van der Waals surface area (Å²) in [6.07, 6.45) is 1.56. The predicted molar refractivity (Wildman–Crippen MR) is 116 cm³/mol. The first-order valence-corrected chi connectivity index (χ1v) is 11.1. The van der Waals surface area contributed by atoms with E-state index in [2.05, 4.69) is 10.4 Å². The van der Waals surface area contributed by atoms with Crippen molar-refractivity contribution in [2.75, 3.05) is 30.0 Å². The number of nitrogens with zero attached hydrogens (tertiary/aromatic N) is 5. The molecule has 4 heterocycles. The predicted octanol–water partition coefficient (Wildman–Crippen LogP) is 1.70. The number of anilines is 2. The van der Waals surface area contributed by atoms with Crippen LogP contribution in [0.4, 0.5) is 29.3 Å². The van der Waals surface area contributed by atoms with Gasteiger partial charge < -0.3 is 24.8 Å². The number of piperazine rings is 1. The Balaban J connectivity index is 1.39. The average Bonchev–Trinajstić information content (AvgIpc) is 3.21. The molecule has 1 aromatic heterocycles. The maximum Gasteiger partial charge on any atom is 0.322 e. The van der Waals surface area contributed by atoms with Gasteiger partial charge in [0.05, 0.1) is 56.0 Å². The van der Waals surface area contributed by atoms with Crippen molar-refractivity contribution in [2.24, 2.45) is 0 Å². The van der Waals surface area contributed by atoms with E-state index in [0.29, 0.717) is 36.7 Å². The third-order valence-electron chi connectivity index (χ3n) is 6.63. The van der Waals surface area contributed by atoms with Gasteiger partial charge in [0.2, 0.25) is 5.91 Å². The Morgan fingerprint density at radius 2 is 1.86 bits per heavy atom. The molecule has 2 fully saturated rings. The number of rotatable bonds is 2. The van der Waals surface area contributed by atoms with Crippen LogP contribution in [0.15, 0.2) is 18.3 Å². The zero-order valence-electron chi connectivity index (χ0n) is 19.0. The van der Waals surface area contributed by atoms with Crippen molar-refractivity contribution in [2.45, 2.75) is 45.1 Å². The molecule has 0 aliphatic carbocycles. The van der Waals surface area contributed by atoms with E-state index in [1.54, 1.807) is 27.6 Å². The maximum atomic E-state index is 13.6. The molecule has 1 N–H and O–H groups in total. The second-order valence-corrected chi connectivity index (χ2v) is 8.90. The molecule has 2 unspecified atom stereocenters. The van der Waals surface area contributed by atoms with Crippen LogP contribution < -0.4 is 10.2 Å². The molecule has 3 aliphatic heterocycles. The standard InChI is InChI=1S/C22H23F3N6O4/c1-11-6-30-18(8-28(11)22(34)27-13-3-15(23)20(25)16(24)4-13)17(5-26-30)29-7-14-9-35-10-19(21(29)33)31(14)12(2)32/h3-5,11,14,19H,6-10H2,1-2H3,(H,27,34)/t11-,14?,19?/m0/s1. The first-order valence-electron chi connectivity index (χ1n) is 11.1. The zero-order chi connectivity index (χ0) is 25.0. The minimum atomic E-state index is -1.62. The van der Waals surface area contributed by atoms with Gasteiger partial charge in [0.15, 0.2) is 17.5 Å². The zero-order valence-corrected chi connectivity index (χ0v) is 19.0. The number of hydrogen-bond donors (Lipinski definition) is 1. The van der Waals surface area contributed by atoms with Crippen LogP contribution in [0.3, 0.4) is 0 Å². The Morgan fingerprint density at radius 3 is 2.54 bits per heavy atom. The highest BCUT2D eigenvalue weighted by Gasteiger charge is 2.46. The SMILES string of the molecule is CC(=O)N1C2COCC1C(=O)N(c1cnn3c1CN(C(=O)Nc1cc(F)c(F)c(F)c1)[C@@H](C)C3)C2. The van der Waals surface area contributed by atoms with Crippen molar-refractivity contribution in [3.63, 3.8) is 0 Å². The summed E-state index contributed by atoms with van der Waals surface area (Å²) in [7, 11) is 0. The van der Waals surface area contributed by atoms with E-state index in [-0.39, 0.29) is 49.3 Å². The fourth-order valence-corrected chi connectivity index (χ4v) is 4.94. The normalized spacial score (nSPS) is 23.9. The summed E-state index contributed by atoms with van der Waals surface area (Å²) >= 11 is 0. The van der Waals surface area contributed by atoms with Crippen molar-refractivity contribution in [1.29, 1.82) is 0 Å². The molecule has 35 heavy (non-hydrogen) atoms. The summed E-state index contributed by atoms with van der Waals surface area (Å²) in [6, 6.07) is -0.600. The molecule has 1 aromatic carbocycles.